The Bertz CT molecular complexity index is 1140. The molecular formula is C24H24N2O2. The van der Waals surface area contributed by atoms with Gasteiger partial charge in [0.25, 0.3) is 0 Å². The Hall–Kier alpha value is -3.27. The molecule has 4 rings (SSSR count). The van der Waals surface area contributed by atoms with Crippen LogP contribution in [0.4, 0.5) is 0 Å². The van der Waals surface area contributed by atoms with Gasteiger partial charge in [-0.2, -0.15) is 0 Å². The molecule has 0 spiro atoms. The van der Waals surface area contributed by atoms with E-state index in [1.165, 1.54) is 0 Å². The molecule has 142 valence electrons. The fourth-order valence-corrected chi connectivity index (χ4v) is 3.97. The number of aromatic amines is 1. The molecule has 0 aliphatic carbocycles. The van der Waals surface area contributed by atoms with Crippen molar-refractivity contribution in [3.8, 4) is 22.4 Å². The smallest absolute Gasteiger partial charge is 0.355 e. The first-order valence-electron chi connectivity index (χ1n) is 9.67. The number of para-hydroxylation sites is 1. The number of H-pyrrole nitrogens is 1. The lowest BCUT2D eigenvalue weighted by Gasteiger charge is -2.11. The highest BCUT2D eigenvalue weighted by atomic mass is 16.5. The van der Waals surface area contributed by atoms with Gasteiger partial charge in [-0.25, -0.2) is 4.79 Å². The number of aryl methyl sites for hydroxylation is 2. The highest BCUT2D eigenvalue weighted by molar-refractivity contribution is 6.09. The van der Waals surface area contributed by atoms with E-state index in [1.54, 1.807) is 0 Å². The summed E-state index contributed by atoms with van der Waals surface area (Å²) < 4.78 is 7.55. The summed E-state index contributed by atoms with van der Waals surface area (Å²) in [6.45, 7) is 4.28. The summed E-state index contributed by atoms with van der Waals surface area (Å²) in [4.78, 5) is 15.9. The van der Waals surface area contributed by atoms with Gasteiger partial charge in [-0.3, -0.25) is 0 Å². The van der Waals surface area contributed by atoms with Crippen LogP contribution in [0.15, 0.2) is 60.8 Å². The third-order valence-corrected chi connectivity index (χ3v) is 5.23. The van der Waals surface area contributed by atoms with Crippen LogP contribution in [-0.4, -0.2) is 22.1 Å². The highest BCUT2D eigenvalue weighted by Gasteiger charge is 2.26. The van der Waals surface area contributed by atoms with Crippen molar-refractivity contribution in [2.24, 2.45) is 7.05 Å². The Morgan fingerprint density at radius 1 is 1.00 bits per heavy atom. The normalized spacial score (nSPS) is 11.1. The third kappa shape index (κ3) is 2.82. The molecule has 4 aromatic rings. The Labute approximate surface area is 164 Å². The summed E-state index contributed by atoms with van der Waals surface area (Å²) in [5.74, 6) is -0.316. The molecule has 2 heterocycles. The molecule has 28 heavy (non-hydrogen) atoms. The molecule has 0 unspecified atom stereocenters. The molecule has 4 nitrogen and oxygen atoms in total. The van der Waals surface area contributed by atoms with Crippen LogP contribution in [-0.2, 0) is 18.2 Å². The summed E-state index contributed by atoms with van der Waals surface area (Å²) in [5.41, 5.74) is 7.00. The lowest BCUT2D eigenvalue weighted by atomic mass is 9.94. The molecule has 0 atom stereocenters. The molecule has 2 aromatic carbocycles. The van der Waals surface area contributed by atoms with Gasteiger partial charge in [-0.05, 0) is 30.5 Å². The maximum Gasteiger partial charge on any atom is 0.355 e. The number of carbonyl (C=O) groups is 1. The van der Waals surface area contributed by atoms with Crippen LogP contribution >= 0.6 is 0 Å². The molecule has 0 saturated carbocycles. The Morgan fingerprint density at radius 3 is 2.43 bits per heavy atom. The van der Waals surface area contributed by atoms with Crippen molar-refractivity contribution in [2.75, 3.05) is 6.61 Å². The van der Waals surface area contributed by atoms with Crippen LogP contribution in [0.25, 0.3) is 33.3 Å². The van der Waals surface area contributed by atoms with E-state index in [2.05, 4.69) is 47.8 Å². The van der Waals surface area contributed by atoms with Crippen LogP contribution in [0.5, 0.6) is 0 Å². The van der Waals surface area contributed by atoms with Gasteiger partial charge < -0.3 is 14.3 Å². The zero-order valence-electron chi connectivity index (χ0n) is 16.5. The van der Waals surface area contributed by atoms with Gasteiger partial charge in [0.1, 0.15) is 5.69 Å². The zero-order chi connectivity index (χ0) is 19.7. The van der Waals surface area contributed by atoms with Crippen LogP contribution in [0.1, 0.15) is 29.9 Å². The first-order valence-corrected chi connectivity index (χ1v) is 9.67. The number of esters is 1. The van der Waals surface area contributed by atoms with Crippen molar-refractivity contribution in [1.82, 2.24) is 9.55 Å². The molecule has 0 amide bonds. The lowest BCUT2D eigenvalue weighted by Crippen LogP contribution is -2.07. The summed E-state index contributed by atoms with van der Waals surface area (Å²) in [6, 6.07) is 18.7. The molecule has 4 heteroatoms. The molecule has 0 fully saturated rings. The average Bonchev–Trinajstić information content (AvgIpc) is 3.27. The van der Waals surface area contributed by atoms with Gasteiger partial charge in [0.15, 0.2) is 0 Å². The van der Waals surface area contributed by atoms with Crippen molar-refractivity contribution in [2.45, 2.75) is 20.3 Å². The molecule has 0 aliphatic heterocycles. The van der Waals surface area contributed by atoms with Crippen LogP contribution in [0, 0.1) is 0 Å². The van der Waals surface area contributed by atoms with Gasteiger partial charge in [0, 0.05) is 35.3 Å². The van der Waals surface area contributed by atoms with Crippen LogP contribution in [0.3, 0.4) is 0 Å². The van der Waals surface area contributed by atoms with Crippen LogP contribution in [0.2, 0.25) is 0 Å². The fraction of sp³-hybridized carbons (Fsp3) is 0.208. The second-order valence-electron chi connectivity index (χ2n) is 6.80. The minimum atomic E-state index is -0.316. The summed E-state index contributed by atoms with van der Waals surface area (Å²) in [7, 11) is 2.08. The number of hydrogen-bond acceptors (Lipinski definition) is 2. The largest absolute Gasteiger partial charge is 0.461 e. The molecule has 0 saturated heterocycles. The van der Waals surface area contributed by atoms with Crippen molar-refractivity contribution in [3.63, 3.8) is 0 Å². The monoisotopic (exact) mass is 372 g/mol. The number of carbonyl (C=O) groups excluding carboxylic acids is 1. The van der Waals surface area contributed by atoms with E-state index in [0.29, 0.717) is 12.3 Å². The minimum Gasteiger partial charge on any atom is -0.461 e. The van der Waals surface area contributed by atoms with E-state index in [4.69, 9.17) is 4.74 Å². The van der Waals surface area contributed by atoms with E-state index >= 15 is 0 Å². The zero-order valence-corrected chi connectivity index (χ0v) is 16.5. The van der Waals surface area contributed by atoms with E-state index in [0.717, 1.165) is 45.3 Å². The van der Waals surface area contributed by atoms with E-state index < -0.39 is 0 Å². The maximum atomic E-state index is 12.7. The fourth-order valence-electron chi connectivity index (χ4n) is 3.97. The van der Waals surface area contributed by atoms with Crippen molar-refractivity contribution in [1.29, 1.82) is 0 Å². The second-order valence-corrected chi connectivity index (χ2v) is 6.80. The number of nitrogens with one attached hydrogen (secondary N) is 1. The van der Waals surface area contributed by atoms with E-state index in [9.17, 15) is 4.79 Å². The highest BCUT2D eigenvalue weighted by Crippen LogP contribution is 2.43. The van der Waals surface area contributed by atoms with Crippen molar-refractivity contribution >= 4 is 16.9 Å². The van der Waals surface area contributed by atoms with Gasteiger partial charge in [0.2, 0.25) is 0 Å². The van der Waals surface area contributed by atoms with Crippen molar-refractivity contribution in [3.05, 3.63) is 72.1 Å². The summed E-state index contributed by atoms with van der Waals surface area (Å²) in [6.07, 6.45) is 2.75. The Kier molecular flexibility index (Phi) is 4.78. The molecule has 0 aliphatic rings. The number of aromatic nitrogens is 2. The van der Waals surface area contributed by atoms with Gasteiger partial charge >= 0.3 is 5.97 Å². The second kappa shape index (κ2) is 7.39. The van der Waals surface area contributed by atoms with Gasteiger partial charge in [-0.15, -0.1) is 0 Å². The quantitative estimate of drug-likeness (QED) is 0.465. The third-order valence-electron chi connectivity index (χ3n) is 5.23. The topological polar surface area (TPSA) is 47.0 Å². The Morgan fingerprint density at radius 2 is 1.71 bits per heavy atom. The number of ether oxygens (including phenoxy) is 1. The lowest BCUT2D eigenvalue weighted by molar-refractivity contribution is 0.0521. The first-order chi connectivity index (χ1) is 13.7. The predicted octanol–water partition coefficient (Wildman–Crippen LogP) is 5.58. The summed E-state index contributed by atoms with van der Waals surface area (Å²) >= 11 is 0. The number of benzene rings is 2. The molecular weight excluding hydrogens is 348 g/mol. The number of fused-ring (bicyclic) bond motifs is 1. The maximum absolute atomic E-state index is 12.7. The standard InChI is InChI=1S/C24H24N2O2/c1-4-16-15-25-22(24(27)28-5-2)20(16)21-18-13-9-10-14-19(18)26(3)23(21)17-11-7-6-8-12-17/h6-15,25H,4-5H2,1-3H3. The average molecular weight is 372 g/mol. The predicted molar refractivity (Wildman–Crippen MR) is 113 cm³/mol. The van der Waals surface area contributed by atoms with E-state index in [1.807, 2.05) is 43.5 Å². The number of rotatable bonds is 5. The summed E-state index contributed by atoms with van der Waals surface area (Å²) in [5, 5.41) is 1.13. The number of hydrogen-bond donors (Lipinski definition) is 1. The number of nitrogens with zero attached hydrogens (tertiary/aromatic N) is 1. The molecule has 1 N–H and O–H groups in total. The van der Waals surface area contributed by atoms with Crippen molar-refractivity contribution < 1.29 is 9.53 Å². The van der Waals surface area contributed by atoms with Crippen LogP contribution < -0.4 is 0 Å². The van der Waals surface area contributed by atoms with E-state index in [-0.39, 0.29) is 5.97 Å². The molecule has 0 radical (unpaired) electrons. The molecule has 2 aromatic heterocycles. The van der Waals surface area contributed by atoms with Gasteiger partial charge in [0.05, 0.1) is 12.3 Å². The molecule has 0 bridgehead atoms. The Balaban J connectivity index is 2.11. The minimum absolute atomic E-state index is 0.316. The van der Waals surface area contributed by atoms with Gasteiger partial charge in [-0.1, -0.05) is 55.5 Å². The SMILES string of the molecule is CCOC(=O)c1[nH]cc(CC)c1-c1c(-c2ccccc2)n(C)c2ccccc12. The first kappa shape index (κ1) is 18.1.